The number of carbonyl (C=O) groups excluding carboxylic acids is 3. The Balaban J connectivity index is 1.58. The number of anilines is 1. The van der Waals surface area contributed by atoms with Crippen molar-refractivity contribution in [1.29, 1.82) is 0 Å². The Morgan fingerprint density at radius 3 is 2.67 bits per heavy atom. The molecule has 30 heavy (non-hydrogen) atoms. The Bertz CT molecular complexity index is 1010. The van der Waals surface area contributed by atoms with Crippen LogP contribution in [0.2, 0.25) is 0 Å². The number of nitrogens with zero attached hydrogens (tertiary/aromatic N) is 1. The van der Waals surface area contributed by atoms with Crippen LogP contribution in [0.4, 0.5) is 5.69 Å². The number of amides is 1. The summed E-state index contributed by atoms with van der Waals surface area (Å²) in [6, 6.07) is 10.3. The number of esters is 1. The third-order valence-corrected chi connectivity index (χ3v) is 4.72. The molecule has 2 aromatic rings. The van der Waals surface area contributed by atoms with Crippen molar-refractivity contribution in [3.05, 3.63) is 59.2 Å². The lowest BCUT2D eigenvalue weighted by atomic mass is 10.1. The van der Waals surface area contributed by atoms with Crippen LogP contribution in [0, 0.1) is 0 Å². The van der Waals surface area contributed by atoms with Crippen LogP contribution in [0.3, 0.4) is 0 Å². The summed E-state index contributed by atoms with van der Waals surface area (Å²) in [6.45, 7) is 2.02. The molecule has 0 aliphatic carbocycles. The molecule has 0 saturated heterocycles. The van der Waals surface area contributed by atoms with Crippen molar-refractivity contribution in [1.82, 2.24) is 0 Å². The lowest BCUT2D eigenvalue weighted by Gasteiger charge is -2.10. The second-order valence-corrected chi connectivity index (χ2v) is 6.68. The first-order chi connectivity index (χ1) is 14.4. The molecule has 0 radical (unpaired) electrons. The molecule has 1 heterocycles. The number of methoxy groups -OCH3 is 1. The highest BCUT2D eigenvalue weighted by molar-refractivity contribution is 6.04. The summed E-state index contributed by atoms with van der Waals surface area (Å²) in [7, 11) is 3.24. The third kappa shape index (κ3) is 4.68. The lowest BCUT2D eigenvalue weighted by Crippen LogP contribution is -2.20. The van der Waals surface area contributed by atoms with Crippen LogP contribution >= 0.6 is 0 Å². The predicted octanol–water partition coefficient (Wildman–Crippen LogP) is 3.05. The first-order valence-electron chi connectivity index (χ1n) is 9.51. The number of rotatable bonds is 8. The van der Waals surface area contributed by atoms with E-state index in [0.717, 1.165) is 16.8 Å². The average Bonchev–Trinajstić information content (AvgIpc) is 3.04. The first-order valence-corrected chi connectivity index (χ1v) is 9.51. The molecule has 1 aliphatic rings. The van der Waals surface area contributed by atoms with Crippen molar-refractivity contribution in [3.8, 4) is 11.5 Å². The van der Waals surface area contributed by atoms with E-state index in [0.29, 0.717) is 23.7 Å². The fraction of sp³-hybridized carbons (Fsp3) is 0.261. The van der Waals surface area contributed by atoms with E-state index in [1.165, 1.54) is 13.2 Å². The van der Waals surface area contributed by atoms with Crippen LogP contribution in [0.15, 0.2) is 42.5 Å². The topological polar surface area (TPSA) is 82.1 Å². The highest BCUT2D eigenvalue weighted by atomic mass is 16.5. The molecule has 0 N–H and O–H groups in total. The molecule has 0 bridgehead atoms. The summed E-state index contributed by atoms with van der Waals surface area (Å²) in [5.41, 5.74) is 2.72. The zero-order valence-electron chi connectivity index (χ0n) is 17.1. The van der Waals surface area contributed by atoms with Crippen molar-refractivity contribution in [2.24, 2.45) is 0 Å². The molecule has 7 nitrogen and oxygen atoms in total. The smallest absolute Gasteiger partial charge is 0.331 e. The predicted molar refractivity (Wildman–Crippen MR) is 112 cm³/mol. The number of hydrogen-bond donors (Lipinski definition) is 0. The molecule has 1 amide bonds. The molecule has 156 valence electrons. The monoisotopic (exact) mass is 409 g/mol. The van der Waals surface area contributed by atoms with E-state index in [2.05, 4.69) is 0 Å². The van der Waals surface area contributed by atoms with Crippen molar-refractivity contribution >= 4 is 29.4 Å². The molecule has 0 aromatic heterocycles. The van der Waals surface area contributed by atoms with Gasteiger partial charge in [0.1, 0.15) is 0 Å². The van der Waals surface area contributed by atoms with Gasteiger partial charge in [0.2, 0.25) is 5.91 Å². The maximum Gasteiger partial charge on any atom is 0.331 e. The summed E-state index contributed by atoms with van der Waals surface area (Å²) >= 11 is 0. The van der Waals surface area contributed by atoms with Crippen molar-refractivity contribution in [3.63, 3.8) is 0 Å². The summed E-state index contributed by atoms with van der Waals surface area (Å²) in [5.74, 6) is 0.199. The van der Waals surface area contributed by atoms with E-state index in [1.807, 2.05) is 6.92 Å². The number of carbonyl (C=O) groups is 3. The fourth-order valence-corrected chi connectivity index (χ4v) is 3.14. The molecule has 3 rings (SSSR count). The average molecular weight is 409 g/mol. The van der Waals surface area contributed by atoms with Gasteiger partial charge in [0.25, 0.3) is 0 Å². The largest absolute Gasteiger partial charge is 0.493 e. The van der Waals surface area contributed by atoms with Gasteiger partial charge in [0.15, 0.2) is 23.9 Å². The molecule has 2 aromatic carbocycles. The van der Waals surface area contributed by atoms with E-state index in [1.54, 1.807) is 54.4 Å². The molecule has 0 unspecified atom stereocenters. The summed E-state index contributed by atoms with van der Waals surface area (Å²) in [5, 5.41) is 0. The van der Waals surface area contributed by atoms with Gasteiger partial charge in [-0.05, 0) is 54.5 Å². The van der Waals surface area contributed by atoms with Gasteiger partial charge in [-0.25, -0.2) is 4.79 Å². The molecule has 0 saturated carbocycles. The van der Waals surface area contributed by atoms with Crippen LogP contribution in [-0.2, 0) is 20.7 Å². The van der Waals surface area contributed by atoms with Gasteiger partial charge < -0.3 is 19.1 Å². The minimum atomic E-state index is -0.632. The summed E-state index contributed by atoms with van der Waals surface area (Å²) < 4.78 is 15.8. The second kappa shape index (κ2) is 9.26. The van der Waals surface area contributed by atoms with E-state index < -0.39 is 5.97 Å². The number of likely N-dealkylation sites (N-methyl/N-ethyl adjacent to an activating group) is 1. The quantitative estimate of drug-likeness (QED) is 0.379. The van der Waals surface area contributed by atoms with Crippen LogP contribution in [0.1, 0.15) is 28.4 Å². The molecule has 7 heteroatoms. The van der Waals surface area contributed by atoms with E-state index in [4.69, 9.17) is 14.2 Å². The normalized spacial score (nSPS) is 12.8. The minimum Gasteiger partial charge on any atom is -0.493 e. The SMILES string of the molecule is CCOc1ccc(/C=C/C(=O)OCC(=O)c2ccc3c(c2)CC(=O)N3C)cc1OC. The molecule has 0 spiro atoms. The number of benzene rings is 2. The van der Waals surface area contributed by atoms with Gasteiger partial charge in [-0.2, -0.15) is 0 Å². The summed E-state index contributed by atoms with van der Waals surface area (Å²) in [6.07, 6.45) is 3.08. The number of hydrogen-bond acceptors (Lipinski definition) is 6. The fourth-order valence-electron chi connectivity index (χ4n) is 3.14. The van der Waals surface area contributed by atoms with Crippen LogP contribution in [0.25, 0.3) is 6.08 Å². The number of ketones is 1. The maximum atomic E-state index is 12.3. The number of Topliss-reactive ketones (excluding diaryl/α,β-unsaturated/α-hetero) is 1. The standard InChI is InChI=1S/C23H23NO6/c1-4-29-20-9-5-15(11-21(20)28-3)6-10-23(27)30-14-19(25)16-7-8-18-17(12-16)13-22(26)24(18)2/h5-12H,4,13-14H2,1-3H3/b10-6+. The van der Waals surface area contributed by atoms with Crippen molar-refractivity contribution in [2.45, 2.75) is 13.3 Å². The Labute approximate surface area is 174 Å². The molecule has 0 fully saturated rings. The summed E-state index contributed by atoms with van der Waals surface area (Å²) in [4.78, 5) is 37.6. The molecule has 0 atom stereocenters. The lowest BCUT2D eigenvalue weighted by molar-refractivity contribution is -0.136. The third-order valence-electron chi connectivity index (χ3n) is 4.72. The maximum absolute atomic E-state index is 12.3. The Hall–Kier alpha value is -3.61. The van der Waals surface area contributed by atoms with E-state index >= 15 is 0 Å². The highest BCUT2D eigenvalue weighted by Crippen LogP contribution is 2.29. The molecule has 1 aliphatic heterocycles. The van der Waals surface area contributed by atoms with E-state index in [-0.39, 0.29) is 24.7 Å². The van der Waals surface area contributed by atoms with Crippen LogP contribution < -0.4 is 14.4 Å². The number of ether oxygens (including phenoxy) is 3. The zero-order valence-corrected chi connectivity index (χ0v) is 17.1. The Kier molecular flexibility index (Phi) is 6.51. The highest BCUT2D eigenvalue weighted by Gasteiger charge is 2.24. The Morgan fingerprint density at radius 2 is 1.93 bits per heavy atom. The van der Waals surface area contributed by atoms with Crippen molar-refractivity contribution < 1.29 is 28.6 Å². The van der Waals surface area contributed by atoms with Crippen molar-refractivity contribution in [2.75, 3.05) is 32.3 Å². The zero-order chi connectivity index (χ0) is 21.7. The minimum absolute atomic E-state index is 0.0166. The van der Waals surface area contributed by atoms with Gasteiger partial charge in [-0.3, -0.25) is 9.59 Å². The van der Waals surface area contributed by atoms with Gasteiger partial charge in [0, 0.05) is 24.4 Å². The first kappa shape index (κ1) is 21.1. The molecular formula is C23H23NO6. The van der Waals surface area contributed by atoms with Crippen LogP contribution in [0.5, 0.6) is 11.5 Å². The Morgan fingerprint density at radius 1 is 1.13 bits per heavy atom. The number of fused-ring (bicyclic) bond motifs is 1. The van der Waals surface area contributed by atoms with Gasteiger partial charge in [0.05, 0.1) is 20.1 Å². The second-order valence-electron chi connectivity index (χ2n) is 6.68. The van der Waals surface area contributed by atoms with Gasteiger partial charge >= 0.3 is 5.97 Å². The molecular weight excluding hydrogens is 386 g/mol. The van der Waals surface area contributed by atoms with E-state index in [9.17, 15) is 14.4 Å². The van der Waals surface area contributed by atoms with Gasteiger partial charge in [-0.15, -0.1) is 0 Å². The van der Waals surface area contributed by atoms with Crippen LogP contribution in [-0.4, -0.2) is 45.0 Å². The van der Waals surface area contributed by atoms with Gasteiger partial charge in [-0.1, -0.05) is 6.07 Å².